The molecule has 17 heavy (non-hydrogen) atoms. The van der Waals surface area contributed by atoms with Gasteiger partial charge < -0.3 is 10.1 Å². The fraction of sp³-hybridized carbons (Fsp3) is 1.00. The Hall–Kier alpha value is -0.0800. The van der Waals surface area contributed by atoms with Crippen molar-refractivity contribution in [2.45, 2.75) is 65.4 Å². The molecule has 0 bridgehead atoms. The van der Waals surface area contributed by atoms with Gasteiger partial charge in [0.2, 0.25) is 0 Å². The van der Waals surface area contributed by atoms with Crippen molar-refractivity contribution in [3.8, 4) is 0 Å². The summed E-state index contributed by atoms with van der Waals surface area (Å²) in [5.74, 6) is 1.74. The Morgan fingerprint density at radius 3 is 2.35 bits per heavy atom. The first kappa shape index (κ1) is 15.0. The average molecular weight is 241 g/mol. The highest BCUT2D eigenvalue weighted by Crippen LogP contribution is 2.37. The third-order valence-corrected chi connectivity index (χ3v) is 4.19. The first-order valence-corrected chi connectivity index (χ1v) is 7.48. The molecule has 1 N–H and O–H groups in total. The summed E-state index contributed by atoms with van der Waals surface area (Å²) in [6.45, 7) is 12.1. The molecule has 0 aromatic heterocycles. The summed E-state index contributed by atoms with van der Waals surface area (Å²) in [6.07, 6.45) is 6.28. The van der Waals surface area contributed by atoms with Crippen LogP contribution in [0.1, 0.15) is 59.8 Å². The lowest BCUT2D eigenvalue weighted by Crippen LogP contribution is -2.46. The topological polar surface area (TPSA) is 21.3 Å². The number of hydrogen-bond donors (Lipinski definition) is 1. The highest BCUT2D eigenvalue weighted by Gasteiger charge is 2.36. The third-order valence-electron chi connectivity index (χ3n) is 4.19. The lowest BCUT2D eigenvalue weighted by atomic mass is 9.74. The predicted molar refractivity (Wildman–Crippen MR) is 74.3 cm³/mol. The van der Waals surface area contributed by atoms with Crippen LogP contribution in [0.25, 0.3) is 0 Å². The van der Waals surface area contributed by atoms with Crippen LogP contribution in [0.5, 0.6) is 0 Å². The molecule has 0 aromatic rings. The SMILES string of the molecule is CCCOC1(CNCC)CCC(C(C)C)CC1. The largest absolute Gasteiger partial charge is 0.374 e. The zero-order valence-corrected chi connectivity index (χ0v) is 12.2. The van der Waals surface area contributed by atoms with Gasteiger partial charge in [-0.25, -0.2) is 0 Å². The molecule has 0 aromatic carbocycles. The zero-order chi connectivity index (χ0) is 12.7. The van der Waals surface area contributed by atoms with Crippen molar-refractivity contribution in [1.29, 1.82) is 0 Å². The van der Waals surface area contributed by atoms with Gasteiger partial charge in [-0.1, -0.05) is 27.7 Å². The van der Waals surface area contributed by atoms with Crippen LogP contribution in [-0.2, 0) is 4.74 Å². The van der Waals surface area contributed by atoms with Crippen molar-refractivity contribution in [2.75, 3.05) is 19.7 Å². The third kappa shape index (κ3) is 4.59. The summed E-state index contributed by atoms with van der Waals surface area (Å²) >= 11 is 0. The lowest BCUT2D eigenvalue weighted by Gasteiger charge is -2.41. The minimum atomic E-state index is 0.136. The Balaban J connectivity index is 2.48. The number of nitrogens with one attached hydrogen (secondary N) is 1. The Labute approximate surface area is 108 Å². The summed E-state index contributed by atoms with van der Waals surface area (Å²) in [5.41, 5.74) is 0.136. The molecule has 1 aliphatic carbocycles. The molecular weight excluding hydrogens is 210 g/mol. The molecule has 0 aliphatic heterocycles. The quantitative estimate of drug-likeness (QED) is 0.735. The molecule has 2 nitrogen and oxygen atoms in total. The van der Waals surface area contributed by atoms with E-state index in [9.17, 15) is 0 Å². The Bertz CT molecular complexity index is 185. The van der Waals surface area contributed by atoms with Crippen LogP contribution in [0.4, 0.5) is 0 Å². The normalized spacial score (nSPS) is 29.8. The summed E-state index contributed by atoms with van der Waals surface area (Å²) in [4.78, 5) is 0. The molecular formula is C15H31NO. The summed E-state index contributed by atoms with van der Waals surface area (Å²) in [6, 6.07) is 0. The molecule has 0 spiro atoms. The zero-order valence-electron chi connectivity index (χ0n) is 12.2. The predicted octanol–water partition coefficient (Wildman–Crippen LogP) is 3.61. The van der Waals surface area contributed by atoms with E-state index in [0.717, 1.165) is 38.0 Å². The van der Waals surface area contributed by atoms with Crippen molar-refractivity contribution >= 4 is 0 Å². The van der Waals surface area contributed by atoms with Crippen LogP contribution in [-0.4, -0.2) is 25.3 Å². The van der Waals surface area contributed by atoms with Gasteiger partial charge in [0.25, 0.3) is 0 Å². The van der Waals surface area contributed by atoms with E-state index < -0.39 is 0 Å². The Morgan fingerprint density at radius 2 is 1.88 bits per heavy atom. The van der Waals surface area contributed by atoms with Crippen LogP contribution in [0, 0.1) is 11.8 Å². The molecule has 102 valence electrons. The van der Waals surface area contributed by atoms with E-state index in [1.54, 1.807) is 0 Å². The van der Waals surface area contributed by atoms with Gasteiger partial charge in [0.15, 0.2) is 0 Å². The fourth-order valence-corrected chi connectivity index (χ4v) is 2.88. The Kier molecular flexibility index (Phi) is 6.50. The maximum absolute atomic E-state index is 6.19. The van der Waals surface area contributed by atoms with Crippen LogP contribution in [0.2, 0.25) is 0 Å². The van der Waals surface area contributed by atoms with Crippen molar-refractivity contribution in [2.24, 2.45) is 11.8 Å². The number of rotatable bonds is 7. The minimum Gasteiger partial charge on any atom is -0.374 e. The molecule has 2 heteroatoms. The van der Waals surface area contributed by atoms with Gasteiger partial charge in [0.1, 0.15) is 0 Å². The molecule has 1 rings (SSSR count). The molecule has 0 amide bonds. The van der Waals surface area contributed by atoms with E-state index in [1.807, 2.05) is 0 Å². The van der Waals surface area contributed by atoms with Crippen LogP contribution >= 0.6 is 0 Å². The van der Waals surface area contributed by atoms with Gasteiger partial charge in [-0.2, -0.15) is 0 Å². The second-order valence-electron chi connectivity index (χ2n) is 5.89. The molecule has 0 heterocycles. The monoisotopic (exact) mass is 241 g/mol. The van der Waals surface area contributed by atoms with E-state index in [0.29, 0.717) is 0 Å². The standard InChI is InChI=1S/C15H31NO/c1-5-11-17-15(12-16-6-2)9-7-14(8-10-15)13(3)4/h13-14,16H,5-12H2,1-4H3. The summed E-state index contributed by atoms with van der Waals surface area (Å²) < 4.78 is 6.19. The first-order valence-electron chi connectivity index (χ1n) is 7.48. The molecule has 1 aliphatic rings. The lowest BCUT2D eigenvalue weighted by molar-refractivity contribution is -0.0789. The van der Waals surface area contributed by atoms with Crippen molar-refractivity contribution in [3.63, 3.8) is 0 Å². The van der Waals surface area contributed by atoms with Crippen LogP contribution in [0.3, 0.4) is 0 Å². The van der Waals surface area contributed by atoms with Gasteiger partial charge in [0.05, 0.1) is 5.60 Å². The van der Waals surface area contributed by atoms with E-state index in [1.165, 1.54) is 25.7 Å². The van der Waals surface area contributed by atoms with Crippen molar-refractivity contribution in [3.05, 3.63) is 0 Å². The average Bonchev–Trinajstić information content (AvgIpc) is 2.34. The van der Waals surface area contributed by atoms with Gasteiger partial charge in [-0.15, -0.1) is 0 Å². The highest BCUT2D eigenvalue weighted by molar-refractivity contribution is 4.90. The molecule has 0 unspecified atom stereocenters. The summed E-state index contributed by atoms with van der Waals surface area (Å²) in [7, 11) is 0. The van der Waals surface area contributed by atoms with E-state index in [-0.39, 0.29) is 5.60 Å². The maximum atomic E-state index is 6.19. The molecule has 0 saturated heterocycles. The number of likely N-dealkylation sites (N-methyl/N-ethyl adjacent to an activating group) is 1. The maximum Gasteiger partial charge on any atom is 0.0806 e. The number of ether oxygens (including phenoxy) is 1. The molecule has 1 saturated carbocycles. The first-order chi connectivity index (χ1) is 8.13. The van der Waals surface area contributed by atoms with Crippen LogP contribution < -0.4 is 5.32 Å². The van der Waals surface area contributed by atoms with Crippen molar-refractivity contribution < 1.29 is 4.74 Å². The van der Waals surface area contributed by atoms with Crippen molar-refractivity contribution in [1.82, 2.24) is 5.32 Å². The summed E-state index contributed by atoms with van der Waals surface area (Å²) in [5, 5.41) is 3.49. The minimum absolute atomic E-state index is 0.136. The van der Waals surface area contributed by atoms with Gasteiger partial charge >= 0.3 is 0 Å². The second-order valence-corrected chi connectivity index (χ2v) is 5.89. The number of hydrogen-bond acceptors (Lipinski definition) is 2. The van der Waals surface area contributed by atoms with Crippen LogP contribution in [0.15, 0.2) is 0 Å². The van der Waals surface area contributed by atoms with Gasteiger partial charge in [-0.3, -0.25) is 0 Å². The van der Waals surface area contributed by atoms with E-state index >= 15 is 0 Å². The smallest absolute Gasteiger partial charge is 0.0806 e. The molecule has 1 fully saturated rings. The van der Waals surface area contributed by atoms with E-state index in [2.05, 4.69) is 33.0 Å². The molecule has 0 atom stereocenters. The van der Waals surface area contributed by atoms with E-state index in [4.69, 9.17) is 4.74 Å². The Morgan fingerprint density at radius 1 is 1.24 bits per heavy atom. The second kappa shape index (κ2) is 7.38. The fourth-order valence-electron chi connectivity index (χ4n) is 2.88. The molecule has 0 radical (unpaired) electrons. The van der Waals surface area contributed by atoms with Gasteiger partial charge in [0, 0.05) is 13.2 Å². The highest BCUT2D eigenvalue weighted by atomic mass is 16.5. The van der Waals surface area contributed by atoms with Gasteiger partial charge in [-0.05, 0) is 50.5 Å².